The normalized spacial score (nSPS) is 65.4. The molecule has 0 aromatic rings. The van der Waals surface area contributed by atoms with Crippen molar-refractivity contribution in [2.75, 3.05) is 0 Å². The van der Waals surface area contributed by atoms with Gasteiger partial charge in [-0.3, -0.25) is 0 Å². The van der Waals surface area contributed by atoms with Crippen molar-refractivity contribution in [2.24, 2.45) is 10.8 Å². The van der Waals surface area contributed by atoms with Crippen LogP contribution in [-0.4, -0.2) is 33.6 Å². The van der Waals surface area contributed by atoms with Crippen LogP contribution in [0.25, 0.3) is 0 Å². The third kappa shape index (κ3) is 1.28. The predicted molar refractivity (Wildman–Crippen MR) is 79.0 cm³/mol. The van der Waals surface area contributed by atoms with E-state index in [1.54, 1.807) is 0 Å². The standard InChI is InChI=1S/C15H22BrClO2/c1-12(2)9-5-10-14(4,19-10)15(12)6-8(16)13(3,17)7-11(15)18-9/h8-11H,5-7H2,1-4H3/t8-,9-,10-,11+,13-,14-,15-/m0/s1. The molecule has 108 valence electrons. The van der Waals surface area contributed by atoms with Crippen LogP contribution >= 0.6 is 27.5 Å². The van der Waals surface area contributed by atoms with Crippen molar-refractivity contribution in [3.05, 3.63) is 0 Å². The molecule has 2 saturated carbocycles. The fourth-order valence-corrected chi connectivity index (χ4v) is 6.34. The largest absolute Gasteiger partial charge is 0.374 e. The first-order valence-corrected chi connectivity index (χ1v) is 8.61. The molecule has 2 nitrogen and oxygen atoms in total. The summed E-state index contributed by atoms with van der Waals surface area (Å²) in [6.45, 7) is 9.18. The molecule has 0 aromatic carbocycles. The summed E-state index contributed by atoms with van der Waals surface area (Å²) >= 11 is 10.6. The first-order chi connectivity index (χ1) is 8.65. The van der Waals surface area contributed by atoms with Crippen LogP contribution in [0.1, 0.15) is 47.0 Å². The van der Waals surface area contributed by atoms with Crippen molar-refractivity contribution < 1.29 is 9.47 Å². The Morgan fingerprint density at radius 1 is 1.05 bits per heavy atom. The van der Waals surface area contributed by atoms with Gasteiger partial charge in [-0.15, -0.1) is 11.6 Å². The van der Waals surface area contributed by atoms with E-state index < -0.39 is 0 Å². The number of hydrogen-bond donors (Lipinski definition) is 0. The van der Waals surface area contributed by atoms with Crippen LogP contribution in [0.15, 0.2) is 0 Å². The van der Waals surface area contributed by atoms with E-state index in [4.69, 9.17) is 21.1 Å². The molecule has 4 fully saturated rings. The van der Waals surface area contributed by atoms with Gasteiger partial charge in [-0.1, -0.05) is 29.8 Å². The highest BCUT2D eigenvalue weighted by atomic mass is 79.9. The molecule has 0 amide bonds. The molecule has 19 heavy (non-hydrogen) atoms. The van der Waals surface area contributed by atoms with Crippen LogP contribution in [0, 0.1) is 10.8 Å². The van der Waals surface area contributed by atoms with Gasteiger partial charge in [0.25, 0.3) is 0 Å². The van der Waals surface area contributed by atoms with E-state index in [0.29, 0.717) is 17.0 Å². The fraction of sp³-hybridized carbons (Fsp3) is 1.00. The van der Waals surface area contributed by atoms with Crippen LogP contribution in [0.5, 0.6) is 0 Å². The van der Waals surface area contributed by atoms with Crippen molar-refractivity contribution in [1.82, 2.24) is 0 Å². The van der Waals surface area contributed by atoms with Gasteiger partial charge >= 0.3 is 0 Å². The van der Waals surface area contributed by atoms with Gasteiger partial charge in [0.2, 0.25) is 0 Å². The highest BCUT2D eigenvalue weighted by Crippen LogP contribution is 2.75. The van der Waals surface area contributed by atoms with Crippen LogP contribution in [-0.2, 0) is 9.47 Å². The molecular formula is C15H22BrClO2. The summed E-state index contributed by atoms with van der Waals surface area (Å²) < 4.78 is 12.6. The molecule has 0 aromatic heterocycles. The van der Waals surface area contributed by atoms with Crippen LogP contribution in [0.2, 0.25) is 0 Å². The van der Waals surface area contributed by atoms with E-state index in [0.717, 1.165) is 19.3 Å². The summed E-state index contributed by atoms with van der Waals surface area (Å²) in [5.74, 6) is 0. The van der Waals surface area contributed by atoms with Gasteiger partial charge in [-0.2, -0.15) is 0 Å². The fourth-order valence-electron chi connectivity index (χ4n) is 5.42. The highest BCUT2D eigenvalue weighted by molar-refractivity contribution is 9.09. The van der Waals surface area contributed by atoms with Gasteiger partial charge in [0.15, 0.2) is 0 Å². The molecule has 4 rings (SSSR count). The maximum Gasteiger partial charge on any atom is 0.101 e. The average Bonchev–Trinajstić information content (AvgIpc) is 2.88. The average molecular weight is 350 g/mol. The lowest BCUT2D eigenvalue weighted by Gasteiger charge is -2.55. The van der Waals surface area contributed by atoms with Crippen molar-refractivity contribution in [1.29, 1.82) is 0 Å². The van der Waals surface area contributed by atoms with E-state index in [9.17, 15) is 0 Å². The molecule has 7 atom stereocenters. The monoisotopic (exact) mass is 348 g/mol. The molecule has 4 aliphatic rings. The highest BCUT2D eigenvalue weighted by Gasteiger charge is 2.82. The minimum atomic E-state index is -0.218. The van der Waals surface area contributed by atoms with Crippen molar-refractivity contribution in [2.45, 2.75) is 80.6 Å². The summed E-state index contributed by atoms with van der Waals surface area (Å²) in [7, 11) is 0. The molecule has 2 bridgehead atoms. The van der Waals surface area contributed by atoms with Gasteiger partial charge in [0, 0.05) is 22.1 Å². The van der Waals surface area contributed by atoms with Gasteiger partial charge in [-0.05, 0) is 26.7 Å². The molecule has 2 saturated heterocycles. The van der Waals surface area contributed by atoms with Crippen molar-refractivity contribution >= 4 is 27.5 Å². The summed E-state index contributed by atoms with van der Waals surface area (Å²) in [6.07, 6.45) is 3.97. The lowest BCUT2D eigenvalue weighted by Crippen LogP contribution is -2.62. The zero-order chi connectivity index (χ0) is 13.8. The summed E-state index contributed by atoms with van der Waals surface area (Å²) in [5, 5.41) is 0. The Bertz CT molecular complexity index is 451. The molecule has 2 aliphatic carbocycles. The van der Waals surface area contributed by atoms with Crippen LogP contribution < -0.4 is 0 Å². The Kier molecular flexibility index (Phi) is 2.37. The zero-order valence-corrected chi connectivity index (χ0v) is 14.3. The number of rotatable bonds is 0. The molecule has 0 unspecified atom stereocenters. The number of halogens is 2. The first-order valence-electron chi connectivity index (χ1n) is 7.31. The number of ether oxygens (including phenoxy) is 2. The summed E-state index contributed by atoms with van der Waals surface area (Å²) in [6, 6.07) is 0. The molecule has 2 aliphatic heterocycles. The van der Waals surface area contributed by atoms with Gasteiger partial charge < -0.3 is 9.47 Å². The Morgan fingerprint density at radius 2 is 1.74 bits per heavy atom. The van der Waals surface area contributed by atoms with Crippen LogP contribution in [0.3, 0.4) is 0 Å². The zero-order valence-electron chi connectivity index (χ0n) is 12.0. The van der Waals surface area contributed by atoms with E-state index in [-0.39, 0.29) is 27.4 Å². The van der Waals surface area contributed by atoms with E-state index in [1.807, 2.05) is 0 Å². The third-order valence-electron chi connectivity index (χ3n) is 6.83. The maximum absolute atomic E-state index is 6.71. The molecular weight excluding hydrogens is 328 g/mol. The second kappa shape index (κ2) is 3.37. The Morgan fingerprint density at radius 3 is 2.42 bits per heavy atom. The minimum Gasteiger partial charge on any atom is -0.374 e. The smallest absolute Gasteiger partial charge is 0.101 e. The van der Waals surface area contributed by atoms with Crippen LogP contribution in [0.4, 0.5) is 0 Å². The number of fused-ring (bicyclic) bond motifs is 2. The van der Waals surface area contributed by atoms with Crippen molar-refractivity contribution in [3.63, 3.8) is 0 Å². The van der Waals surface area contributed by atoms with Gasteiger partial charge in [-0.25, -0.2) is 0 Å². The predicted octanol–water partition coefficient (Wildman–Crippen LogP) is 3.88. The van der Waals surface area contributed by atoms with E-state index in [2.05, 4.69) is 43.6 Å². The number of epoxide rings is 1. The second-order valence-electron chi connectivity index (χ2n) is 7.91. The van der Waals surface area contributed by atoms with Gasteiger partial charge in [0.1, 0.15) is 5.60 Å². The Labute approximate surface area is 128 Å². The quantitative estimate of drug-likeness (QED) is 0.489. The number of hydrogen-bond acceptors (Lipinski definition) is 2. The first kappa shape index (κ1) is 13.4. The topological polar surface area (TPSA) is 21.8 Å². The van der Waals surface area contributed by atoms with E-state index >= 15 is 0 Å². The SMILES string of the molecule is CC1(C)[C@@H]2C[C@@H]3O[C@]3(C)[C@]13C[C@H](Br)[C@@](C)(Cl)C[C@H]3O2. The minimum absolute atomic E-state index is 0.00637. The molecule has 1 spiro atoms. The summed E-state index contributed by atoms with van der Waals surface area (Å²) in [5.41, 5.74) is 0.266. The molecule has 4 heteroatoms. The van der Waals surface area contributed by atoms with Gasteiger partial charge in [0.05, 0.1) is 23.2 Å². The number of alkyl halides is 2. The summed E-state index contributed by atoms with van der Waals surface area (Å²) in [4.78, 5) is 0.101. The lowest BCUT2D eigenvalue weighted by molar-refractivity contribution is -0.0597. The Hall–Kier alpha value is 0.690. The maximum atomic E-state index is 6.71. The van der Waals surface area contributed by atoms with Crippen molar-refractivity contribution in [3.8, 4) is 0 Å². The molecule has 2 heterocycles. The Balaban J connectivity index is 1.85. The van der Waals surface area contributed by atoms with E-state index in [1.165, 1.54) is 0 Å². The second-order valence-corrected chi connectivity index (χ2v) is 9.88. The lowest BCUT2D eigenvalue weighted by atomic mass is 9.47. The third-order valence-corrected chi connectivity index (χ3v) is 8.85. The molecule has 0 N–H and O–H groups in total. The molecule has 0 radical (unpaired) electrons.